The van der Waals surface area contributed by atoms with E-state index in [9.17, 15) is 0 Å². The number of hydrogen-bond donors (Lipinski definition) is 0. The van der Waals surface area contributed by atoms with Crippen molar-refractivity contribution in [2.45, 2.75) is 13.0 Å². The third-order valence-corrected chi connectivity index (χ3v) is 2.19. The highest BCUT2D eigenvalue weighted by Crippen LogP contribution is 2.02. The standard InChI is InChI=1S/C10H8BrN5/c11-10-6-13-9(5-14-10)3-1-2-4-16-8-12-7-15-16/h5-8H,3-4H2. The molecule has 0 unspecified atom stereocenters. The number of aromatic nitrogens is 5. The summed E-state index contributed by atoms with van der Waals surface area (Å²) < 4.78 is 2.40. The molecule has 0 aliphatic rings. The van der Waals surface area contributed by atoms with Gasteiger partial charge in [-0.15, -0.1) is 0 Å². The fourth-order valence-electron chi connectivity index (χ4n) is 1.03. The molecule has 0 aliphatic carbocycles. The van der Waals surface area contributed by atoms with Crippen LogP contribution in [-0.2, 0) is 13.0 Å². The Hall–Kier alpha value is -1.74. The summed E-state index contributed by atoms with van der Waals surface area (Å²) in [7, 11) is 0. The Morgan fingerprint density at radius 1 is 1.25 bits per heavy atom. The smallest absolute Gasteiger partial charge is 0.137 e. The predicted molar refractivity (Wildman–Crippen MR) is 61.2 cm³/mol. The fraction of sp³-hybridized carbons (Fsp3) is 0.200. The first-order chi connectivity index (χ1) is 7.84. The normalized spacial score (nSPS) is 9.56. The molecule has 0 saturated heterocycles. The summed E-state index contributed by atoms with van der Waals surface area (Å²) in [5, 5.41) is 3.94. The van der Waals surface area contributed by atoms with Crippen LogP contribution < -0.4 is 0 Å². The molecule has 0 spiro atoms. The lowest BCUT2D eigenvalue weighted by molar-refractivity contribution is 0.713. The topological polar surface area (TPSA) is 56.5 Å². The van der Waals surface area contributed by atoms with E-state index in [2.05, 4.69) is 47.8 Å². The molecule has 2 rings (SSSR count). The number of rotatable bonds is 2. The molecule has 2 aromatic rings. The zero-order valence-electron chi connectivity index (χ0n) is 8.34. The summed E-state index contributed by atoms with van der Waals surface area (Å²) in [5.41, 5.74) is 0.856. The maximum atomic E-state index is 4.17. The van der Waals surface area contributed by atoms with Crippen molar-refractivity contribution in [3.8, 4) is 11.8 Å². The van der Waals surface area contributed by atoms with Crippen molar-refractivity contribution in [2.75, 3.05) is 0 Å². The van der Waals surface area contributed by atoms with E-state index < -0.39 is 0 Å². The van der Waals surface area contributed by atoms with Crippen LogP contribution in [0.15, 0.2) is 29.7 Å². The molecule has 0 aliphatic heterocycles. The van der Waals surface area contributed by atoms with E-state index in [0.717, 1.165) is 10.3 Å². The molecule has 2 heterocycles. The molecule has 16 heavy (non-hydrogen) atoms. The largest absolute Gasteiger partial charge is 0.256 e. The molecule has 0 bridgehead atoms. The third kappa shape index (κ3) is 3.14. The predicted octanol–water partition coefficient (Wildman–Crippen LogP) is 1.08. The van der Waals surface area contributed by atoms with Gasteiger partial charge < -0.3 is 0 Å². The lowest BCUT2D eigenvalue weighted by Gasteiger charge is -1.93. The molecule has 0 radical (unpaired) electrons. The van der Waals surface area contributed by atoms with E-state index in [1.54, 1.807) is 23.4 Å². The molecule has 0 N–H and O–H groups in total. The molecule has 0 saturated carbocycles. The van der Waals surface area contributed by atoms with Gasteiger partial charge in [-0.1, -0.05) is 11.8 Å². The maximum Gasteiger partial charge on any atom is 0.137 e. The van der Waals surface area contributed by atoms with Gasteiger partial charge in [0.25, 0.3) is 0 Å². The molecular formula is C10H8BrN5. The number of nitrogens with zero attached hydrogens (tertiary/aromatic N) is 5. The summed E-state index contributed by atoms with van der Waals surface area (Å²) in [6.07, 6.45) is 7.08. The summed E-state index contributed by atoms with van der Waals surface area (Å²) in [4.78, 5) is 12.1. The summed E-state index contributed by atoms with van der Waals surface area (Å²) in [6.45, 7) is 0.546. The van der Waals surface area contributed by atoms with Crippen molar-refractivity contribution >= 4 is 15.9 Å². The van der Waals surface area contributed by atoms with Crippen LogP contribution in [0, 0.1) is 11.8 Å². The van der Waals surface area contributed by atoms with Crippen molar-refractivity contribution in [3.05, 3.63) is 35.3 Å². The Balaban J connectivity index is 1.88. The van der Waals surface area contributed by atoms with Crippen LogP contribution in [0.5, 0.6) is 0 Å². The second-order valence-electron chi connectivity index (χ2n) is 2.95. The molecular weight excluding hydrogens is 270 g/mol. The summed E-state index contributed by atoms with van der Waals surface area (Å²) >= 11 is 3.23. The highest BCUT2D eigenvalue weighted by atomic mass is 79.9. The van der Waals surface area contributed by atoms with Gasteiger partial charge in [-0.2, -0.15) is 5.10 Å². The van der Waals surface area contributed by atoms with Crippen LogP contribution in [-0.4, -0.2) is 24.7 Å². The lowest BCUT2D eigenvalue weighted by Crippen LogP contribution is -1.95. The Labute approximate surface area is 101 Å². The van der Waals surface area contributed by atoms with Gasteiger partial charge in [0.15, 0.2) is 0 Å². The van der Waals surface area contributed by atoms with Gasteiger partial charge in [-0.25, -0.2) is 14.6 Å². The minimum Gasteiger partial charge on any atom is -0.256 e. The van der Waals surface area contributed by atoms with E-state index in [1.807, 2.05) is 0 Å². The molecule has 5 nitrogen and oxygen atoms in total. The van der Waals surface area contributed by atoms with Crippen LogP contribution in [0.2, 0.25) is 0 Å². The van der Waals surface area contributed by atoms with Gasteiger partial charge in [0.2, 0.25) is 0 Å². The van der Waals surface area contributed by atoms with Gasteiger partial charge in [0.1, 0.15) is 23.8 Å². The summed E-state index contributed by atoms with van der Waals surface area (Å²) in [6, 6.07) is 0. The Morgan fingerprint density at radius 3 is 2.88 bits per heavy atom. The average molecular weight is 278 g/mol. The third-order valence-electron chi connectivity index (χ3n) is 1.78. The highest BCUT2D eigenvalue weighted by molar-refractivity contribution is 9.10. The van der Waals surface area contributed by atoms with Crippen molar-refractivity contribution < 1.29 is 0 Å². The maximum absolute atomic E-state index is 4.17. The van der Waals surface area contributed by atoms with Crippen LogP contribution in [0.3, 0.4) is 0 Å². The first-order valence-corrected chi connectivity index (χ1v) is 5.38. The van der Waals surface area contributed by atoms with Gasteiger partial charge in [0, 0.05) is 0 Å². The fourth-order valence-corrected chi connectivity index (χ4v) is 1.24. The van der Waals surface area contributed by atoms with Crippen LogP contribution in [0.25, 0.3) is 0 Å². The second kappa shape index (κ2) is 5.37. The summed E-state index contributed by atoms with van der Waals surface area (Å²) in [5.74, 6) is 5.98. The first-order valence-electron chi connectivity index (χ1n) is 4.59. The van der Waals surface area contributed by atoms with E-state index >= 15 is 0 Å². The molecule has 2 aromatic heterocycles. The number of halogens is 1. The van der Waals surface area contributed by atoms with E-state index in [1.165, 1.54) is 6.33 Å². The molecule has 0 amide bonds. The molecule has 80 valence electrons. The lowest BCUT2D eigenvalue weighted by atomic mass is 10.3. The van der Waals surface area contributed by atoms with Gasteiger partial charge in [-0.3, -0.25) is 4.98 Å². The van der Waals surface area contributed by atoms with Crippen molar-refractivity contribution in [2.24, 2.45) is 0 Å². The van der Waals surface area contributed by atoms with E-state index in [0.29, 0.717) is 13.0 Å². The zero-order chi connectivity index (χ0) is 11.2. The molecule has 0 atom stereocenters. The van der Waals surface area contributed by atoms with Crippen LogP contribution >= 0.6 is 15.9 Å². The van der Waals surface area contributed by atoms with Crippen molar-refractivity contribution in [3.63, 3.8) is 0 Å². The molecule has 0 fully saturated rings. The van der Waals surface area contributed by atoms with E-state index in [4.69, 9.17) is 0 Å². The van der Waals surface area contributed by atoms with Crippen LogP contribution in [0.1, 0.15) is 5.69 Å². The Morgan fingerprint density at radius 2 is 2.19 bits per heavy atom. The van der Waals surface area contributed by atoms with Crippen molar-refractivity contribution in [1.82, 2.24) is 24.7 Å². The van der Waals surface area contributed by atoms with Gasteiger partial charge in [0.05, 0.1) is 24.5 Å². The van der Waals surface area contributed by atoms with Gasteiger partial charge >= 0.3 is 0 Å². The SMILES string of the molecule is Brc1cnc(CC#CCn2cncn2)cn1. The monoisotopic (exact) mass is 277 g/mol. The first kappa shape index (κ1) is 10.8. The molecule has 6 heteroatoms. The minimum atomic E-state index is 0.546. The highest BCUT2D eigenvalue weighted by Gasteiger charge is 1.92. The number of hydrogen-bond acceptors (Lipinski definition) is 4. The van der Waals surface area contributed by atoms with Crippen LogP contribution in [0.4, 0.5) is 0 Å². The Bertz CT molecular complexity index is 494. The zero-order valence-corrected chi connectivity index (χ0v) is 9.92. The van der Waals surface area contributed by atoms with Crippen molar-refractivity contribution in [1.29, 1.82) is 0 Å². The quantitative estimate of drug-likeness (QED) is 0.771. The second-order valence-corrected chi connectivity index (χ2v) is 3.77. The molecule has 0 aromatic carbocycles. The van der Waals surface area contributed by atoms with Gasteiger partial charge in [-0.05, 0) is 15.9 Å². The minimum absolute atomic E-state index is 0.546. The van der Waals surface area contributed by atoms with E-state index in [-0.39, 0.29) is 0 Å². The Kier molecular flexibility index (Phi) is 3.62. The average Bonchev–Trinajstić information content (AvgIpc) is 2.80.